The highest BCUT2D eigenvalue weighted by atomic mass is 16.5. The molecule has 2 aromatic carbocycles. The van der Waals surface area contributed by atoms with E-state index < -0.39 is 0 Å². The highest BCUT2D eigenvalue weighted by Gasteiger charge is 2.19. The highest BCUT2D eigenvalue weighted by molar-refractivity contribution is 5.91. The number of amides is 1. The maximum absolute atomic E-state index is 12.3. The van der Waals surface area contributed by atoms with E-state index in [0.717, 1.165) is 11.1 Å². The van der Waals surface area contributed by atoms with Crippen molar-refractivity contribution in [2.45, 2.75) is 18.9 Å². The van der Waals surface area contributed by atoms with Crippen LogP contribution in [0.1, 0.15) is 40.5 Å². The standard InChI is InChI=1S/C21H22N4O3/c1-28-19(26)13-8-14-22-21(27)18-15-25(24-23-18)20(16-9-4-2-5-10-16)17-11-6-3-7-12-17/h2-7,9-12,15,20H,8,13-14H2,1H3,(H,22,27). The molecule has 1 N–H and O–H groups in total. The van der Waals surface area contributed by atoms with Crippen molar-refractivity contribution in [3.63, 3.8) is 0 Å². The molecule has 0 saturated heterocycles. The molecule has 0 saturated carbocycles. The molecule has 0 aliphatic carbocycles. The van der Waals surface area contributed by atoms with Crippen LogP contribution in [0.3, 0.4) is 0 Å². The van der Waals surface area contributed by atoms with Crippen molar-refractivity contribution in [1.82, 2.24) is 20.3 Å². The molecule has 0 fully saturated rings. The van der Waals surface area contributed by atoms with Crippen LogP contribution in [0.4, 0.5) is 0 Å². The molecule has 1 aromatic heterocycles. The fraction of sp³-hybridized carbons (Fsp3) is 0.238. The maximum atomic E-state index is 12.3. The Morgan fingerprint density at radius 3 is 2.21 bits per heavy atom. The lowest BCUT2D eigenvalue weighted by Crippen LogP contribution is -2.25. The van der Waals surface area contributed by atoms with Crippen molar-refractivity contribution in [2.75, 3.05) is 13.7 Å². The Balaban J connectivity index is 1.74. The fourth-order valence-corrected chi connectivity index (χ4v) is 2.90. The Hall–Kier alpha value is -3.48. The van der Waals surface area contributed by atoms with Gasteiger partial charge in [-0.3, -0.25) is 9.59 Å². The number of methoxy groups -OCH3 is 1. The predicted molar refractivity (Wildman–Crippen MR) is 104 cm³/mol. The summed E-state index contributed by atoms with van der Waals surface area (Å²) in [5.74, 6) is -0.621. The summed E-state index contributed by atoms with van der Waals surface area (Å²) in [4.78, 5) is 23.4. The Bertz CT molecular complexity index is 870. The van der Waals surface area contributed by atoms with Crippen LogP contribution in [0.2, 0.25) is 0 Å². The lowest BCUT2D eigenvalue weighted by Gasteiger charge is -2.17. The van der Waals surface area contributed by atoms with E-state index in [2.05, 4.69) is 20.4 Å². The van der Waals surface area contributed by atoms with E-state index >= 15 is 0 Å². The average Bonchev–Trinajstić information content (AvgIpc) is 3.22. The summed E-state index contributed by atoms with van der Waals surface area (Å²) in [6, 6.07) is 19.7. The van der Waals surface area contributed by atoms with Gasteiger partial charge in [0.2, 0.25) is 0 Å². The number of nitrogens with zero attached hydrogens (tertiary/aromatic N) is 3. The zero-order valence-electron chi connectivity index (χ0n) is 15.6. The first kappa shape index (κ1) is 19.3. The van der Waals surface area contributed by atoms with Crippen molar-refractivity contribution >= 4 is 11.9 Å². The minimum absolute atomic E-state index is 0.184. The second-order valence-electron chi connectivity index (χ2n) is 6.24. The van der Waals surface area contributed by atoms with Gasteiger partial charge in [0.1, 0.15) is 6.04 Å². The summed E-state index contributed by atoms with van der Waals surface area (Å²) in [6.45, 7) is 0.363. The van der Waals surface area contributed by atoms with Crippen LogP contribution in [0.25, 0.3) is 0 Å². The third kappa shape index (κ3) is 4.82. The molecule has 3 aromatic rings. The molecule has 0 bridgehead atoms. The van der Waals surface area contributed by atoms with E-state index in [-0.39, 0.29) is 30.0 Å². The van der Waals surface area contributed by atoms with Gasteiger partial charge < -0.3 is 10.1 Å². The first-order chi connectivity index (χ1) is 13.7. The van der Waals surface area contributed by atoms with E-state index in [1.807, 2.05) is 60.7 Å². The minimum Gasteiger partial charge on any atom is -0.469 e. The predicted octanol–water partition coefficient (Wildman–Crippen LogP) is 2.60. The van der Waals surface area contributed by atoms with E-state index in [0.29, 0.717) is 13.0 Å². The van der Waals surface area contributed by atoms with E-state index in [1.165, 1.54) is 7.11 Å². The van der Waals surface area contributed by atoms with Gasteiger partial charge in [-0.05, 0) is 17.5 Å². The summed E-state index contributed by atoms with van der Waals surface area (Å²) in [5, 5.41) is 11.0. The highest BCUT2D eigenvalue weighted by Crippen LogP contribution is 2.25. The quantitative estimate of drug-likeness (QED) is 0.481. The smallest absolute Gasteiger partial charge is 0.305 e. The molecular formula is C21H22N4O3. The molecule has 7 nitrogen and oxygen atoms in total. The zero-order valence-corrected chi connectivity index (χ0v) is 15.6. The molecule has 1 heterocycles. The lowest BCUT2D eigenvalue weighted by atomic mass is 9.99. The molecule has 0 spiro atoms. The van der Waals surface area contributed by atoms with Gasteiger partial charge in [0.15, 0.2) is 5.69 Å². The number of hydrogen-bond acceptors (Lipinski definition) is 5. The third-order valence-electron chi connectivity index (χ3n) is 4.31. The molecular weight excluding hydrogens is 356 g/mol. The van der Waals surface area contributed by atoms with Crippen LogP contribution < -0.4 is 5.32 Å². The summed E-state index contributed by atoms with van der Waals surface area (Å²) in [6.07, 6.45) is 2.40. The van der Waals surface area contributed by atoms with Gasteiger partial charge in [0.05, 0.1) is 13.3 Å². The lowest BCUT2D eigenvalue weighted by molar-refractivity contribution is -0.140. The molecule has 1 amide bonds. The second-order valence-corrected chi connectivity index (χ2v) is 6.24. The van der Waals surface area contributed by atoms with Gasteiger partial charge in [0, 0.05) is 13.0 Å². The van der Waals surface area contributed by atoms with Crippen LogP contribution in [0, 0.1) is 0 Å². The van der Waals surface area contributed by atoms with Crippen molar-refractivity contribution in [3.05, 3.63) is 83.7 Å². The number of aromatic nitrogens is 3. The normalized spacial score (nSPS) is 10.6. The van der Waals surface area contributed by atoms with Crippen molar-refractivity contribution in [2.24, 2.45) is 0 Å². The number of ether oxygens (including phenoxy) is 1. The molecule has 0 atom stereocenters. The van der Waals surface area contributed by atoms with Gasteiger partial charge >= 0.3 is 5.97 Å². The van der Waals surface area contributed by atoms with Crippen molar-refractivity contribution < 1.29 is 14.3 Å². The minimum atomic E-state index is -0.323. The fourth-order valence-electron chi connectivity index (χ4n) is 2.90. The Kier molecular flexibility index (Phi) is 6.51. The van der Waals surface area contributed by atoms with Gasteiger partial charge in [-0.25, -0.2) is 4.68 Å². The van der Waals surface area contributed by atoms with E-state index in [4.69, 9.17) is 0 Å². The number of nitrogens with one attached hydrogen (secondary N) is 1. The average molecular weight is 378 g/mol. The second kappa shape index (κ2) is 9.45. The van der Waals surface area contributed by atoms with Gasteiger partial charge in [-0.1, -0.05) is 65.9 Å². The Labute approximate surface area is 163 Å². The van der Waals surface area contributed by atoms with Crippen LogP contribution in [0.15, 0.2) is 66.9 Å². The van der Waals surface area contributed by atoms with Gasteiger partial charge in [0.25, 0.3) is 5.91 Å². The number of rotatable bonds is 8. The summed E-state index contributed by atoms with van der Waals surface area (Å²) < 4.78 is 6.27. The third-order valence-corrected chi connectivity index (χ3v) is 4.31. The number of carbonyl (C=O) groups excluding carboxylic acids is 2. The topological polar surface area (TPSA) is 86.1 Å². The van der Waals surface area contributed by atoms with E-state index in [9.17, 15) is 9.59 Å². The molecule has 0 aliphatic heterocycles. The Morgan fingerprint density at radius 1 is 1.04 bits per heavy atom. The van der Waals surface area contributed by atoms with Crippen molar-refractivity contribution in [1.29, 1.82) is 0 Å². The maximum Gasteiger partial charge on any atom is 0.305 e. The number of hydrogen-bond donors (Lipinski definition) is 1. The first-order valence-electron chi connectivity index (χ1n) is 9.06. The zero-order chi connectivity index (χ0) is 19.8. The van der Waals surface area contributed by atoms with Crippen molar-refractivity contribution in [3.8, 4) is 0 Å². The number of benzene rings is 2. The van der Waals surface area contributed by atoms with E-state index in [1.54, 1.807) is 10.9 Å². The van der Waals surface area contributed by atoms with Crippen LogP contribution in [-0.2, 0) is 9.53 Å². The van der Waals surface area contributed by atoms with Gasteiger partial charge in [-0.15, -0.1) is 5.10 Å². The Morgan fingerprint density at radius 2 is 1.64 bits per heavy atom. The molecule has 144 valence electrons. The van der Waals surface area contributed by atoms with Crippen LogP contribution in [0.5, 0.6) is 0 Å². The number of carbonyl (C=O) groups is 2. The monoisotopic (exact) mass is 378 g/mol. The SMILES string of the molecule is COC(=O)CCCNC(=O)c1cn(C(c2ccccc2)c2ccccc2)nn1. The van der Waals surface area contributed by atoms with Gasteiger partial charge in [-0.2, -0.15) is 0 Å². The molecule has 0 radical (unpaired) electrons. The molecule has 0 unspecified atom stereocenters. The summed E-state index contributed by atoms with van der Waals surface area (Å²) in [7, 11) is 1.34. The summed E-state index contributed by atoms with van der Waals surface area (Å²) >= 11 is 0. The number of esters is 1. The summed E-state index contributed by atoms with van der Waals surface area (Å²) in [5.41, 5.74) is 2.32. The van der Waals surface area contributed by atoms with Crippen LogP contribution >= 0.6 is 0 Å². The molecule has 7 heteroatoms. The molecule has 0 aliphatic rings. The largest absolute Gasteiger partial charge is 0.469 e. The molecule has 28 heavy (non-hydrogen) atoms. The first-order valence-corrected chi connectivity index (χ1v) is 9.06. The molecule has 3 rings (SSSR count). The van der Waals surface area contributed by atoms with Crippen LogP contribution in [-0.4, -0.2) is 40.5 Å².